The molecule has 6 heteroatoms. The molecular formula is C17H20N2O4. The van der Waals surface area contributed by atoms with E-state index in [9.17, 15) is 9.90 Å². The molecule has 0 saturated carbocycles. The molecule has 2 aromatic rings. The molecule has 6 nitrogen and oxygen atoms in total. The van der Waals surface area contributed by atoms with Crippen LogP contribution in [0.5, 0.6) is 5.75 Å². The first-order valence-corrected chi connectivity index (χ1v) is 7.56. The minimum atomic E-state index is -0.600. The highest BCUT2D eigenvalue weighted by Gasteiger charge is 2.38. The zero-order valence-electron chi connectivity index (χ0n) is 13.4. The van der Waals surface area contributed by atoms with Crippen LogP contribution in [0.15, 0.2) is 35.1 Å². The van der Waals surface area contributed by atoms with Crippen LogP contribution in [0.25, 0.3) is 0 Å². The molecule has 0 bridgehead atoms. The lowest BCUT2D eigenvalue weighted by molar-refractivity contribution is 0.0153. The average Bonchev–Trinajstić information content (AvgIpc) is 2.98. The number of phenols is 1. The topological polar surface area (TPSA) is 75.8 Å². The fourth-order valence-electron chi connectivity index (χ4n) is 2.80. The molecule has 0 saturated heterocycles. The molecule has 1 aromatic heterocycles. The van der Waals surface area contributed by atoms with Crippen LogP contribution < -0.4 is 0 Å². The lowest BCUT2D eigenvalue weighted by Gasteiger charge is -2.36. The summed E-state index contributed by atoms with van der Waals surface area (Å²) in [5.41, 5.74) is 1.03. The van der Waals surface area contributed by atoms with Gasteiger partial charge in [0.25, 0.3) is 0 Å². The van der Waals surface area contributed by atoms with Gasteiger partial charge in [-0.25, -0.2) is 9.78 Å². The number of carbonyl (C=O) groups is 1. The first-order chi connectivity index (χ1) is 10.9. The summed E-state index contributed by atoms with van der Waals surface area (Å²) < 4.78 is 10.9. The Bertz CT molecular complexity index is 704. The van der Waals surface area contributed by atoms with E-state index < -0.39 is 17.7 Å². The molecule has 1 N–H and O–H groups in total. The minimum absolute atomic E-state index is 0.124. The summed E-state index contributed by atoms with van der Waals surface area (Å²) >= 11 is 0. The second kappa shape index (κ2) is 5.61. The predicted molar refractivity (Wildman–Crippen MR) is 83.1 cm³/mol. The highest BCUT2D eigenvalue weighted by molar-refractivity contribution is 5.70. The van der Waals surface area contributed by atoms with Gasteiger partial charge in [-0.2, -0.15) is 0 Å². The first-order valence-electron chi connectivity index (χ1n) is 7.56. The SMILES string of the molecule is CC(C)(C)OC(=O)N1CCc2cccc(O)c2C1c1ncco1. The number of rotatable bonds is 1. The molecule has 3 rings (SSSR count). The minimum Gasteiger partial charge on any atom is -0.508 e. The molecule has 0 spiro atoms. The van der Waals surface area contributed by atoms with Crippen LogP contribution in [0.3, 0.4) is 0 Å². The van der Waals surface area contributed by atoms with E-state index in [0.717, 1.165) is 5.56 Å². The number of benzene rings is 1. The summed E-state index contributed by atoms with van der Waals surface area (Å²) in [5.74, 6) is 0.484. The third-order valence-corrected chi connectivity index (χ3v) is 3.69. The van der Waals surface area contributed by atoms with Gasteiger partial charge in [0.05, 0.1) is 6.20 Å². The Morgan fingerprint density at radius 3 is 2.87 bits per heavy atom. The Morgan fingerprint density at radius 1 is 1.43 bits per heavy atom. The number of oxazole rings is 1. The summed E-state index contributed by atoms with van der Waals surface area (Å²) in [6.45, 7) is 5.93. The van der Waals surface area contributed by atoms with E-state index in [-0.39, 0.29) is 5.75 Å². The molecule has 1 aliphatic rings. The van der Waals surface area contributed by atoms with Gasteiger partial charge in [-0.05, 0) is 38.8 Å². The zero-order chi connectivity index (χ0) is 16.6. The fraction of sp³-hybridized carbons (Fsp3) is 0.412. The van der Waals surface area contributed by atoms with Gasteiger partial charge in [-0.1, -0.05) is 12.1 Å². The van der Waals surface area contributed by atoms with Crippen LogP contribution in [0.4, 0.5) is 4.79 Å². The van der Waals surface area contributed by atoms with Crippen LogP contribution in [0.2, 0.25) is 0 Å². The number of aromatic nitrogens is 1. The molecule has 1 atom stereocenters. The van der Waals surface area contributed by atoms with Gasteiger partial charge in [0.2, 0.25) is 5.89 Å². The molecule has 0 fully saturated rings. The molecule has 1 aromatic carbocycles. The maximum atomic E-state index is 12.6. The summed E-state index contributed by atoms with van der Waals surface area (Å²) in [4.78, 5) is 18.3. The number of phenolic OH excluding ortho intramolecular Hbond substituents is 1. The average molecular weight is 316 g/mol. The Morgan fingerprint density at radius 2 is 2.22 bits per heavy atom. The molecule has 0 aliphatic carbocycles. The van der Waals surface area contributed by atoms with E-state index in [1.807, 2.05) is 26.8 Å². The van der Waals surface area contributed by atoms with Gasteiger partial charge in [0.15, 0.2) is 0 Å². The monoisotopic (exact) mass is 316 g/mol. The van der Waals surface area contributed by atoms with E-state index in [1.54, 1.807) is 17.0 Å². The lowest BCUT2D eigenvalue weighted by Crippen LogP contribution is -2.43. The summed E-state index contributed by atoms with van der Waals surface area (Å²) in [6, 6.07) is 4.75. The molecule has 1 amide bonds. The van der Waals surface area contributed by atoms with Crippen molar-refractivity contribution < 1.29 is 19.1 Å². The molecule has 122 valence electrons. The van der Waals surface area contributed by atoms with Gasteiger partial charge in [0, 0.05) is 12.1 Å². The van der Waals surface area contributed by atoms with Crippen molar-refractivity contribution in [2.24, 2.45) is 0 Å². The molecule has 1 aliphatic heterocycles. The van der Waals surface area contributed by atoms with Crippen LogP contribution in [-0.2, 0) is 11.2 Å². The van der Waals surface area contributed by atoms with Crippen LogP contribution in [-0.4, -0.2) is 33.2 Å². The highest BCUT2D eigenvalue weighted by Crippen LogP contribution is 2.40. The Hall–Kier alpha value is -2.50. The zero-order valence-corrected chi connectivity index (χ0v) is 13.4. The largest absolute Gasteiger partial charge is 0.508 e. The highest BCUT2D eigenvalue weighted by atomic mass is 16.6. The quantitative estimate of drug-likeness (QED) is 0.874. The van der Waals surface area contributed by atoms with Gasteiger partial charge < -0.3 is 14.3 Å². The third kappa shape index (κ3) is 3.02. The molecule has 2 heterocycles. The van der Waals surface area contributed by atoms with Gasteiger partial charge >= 0.3 is 6.09 Å². The maximum Gasteiger partial charge on any atom is 0.411 e. The van der Waals surface area contributed by atoms with Crippen molar-refractivity contribution in [3.8, 4) is 5.75 Å². The number of ether oxygens (including phenoxy) is 1. The van der Waals surface area contributed by atoms with E-state index in [4.69, 9.17) is 9.15 Å². The first kappa shape index (κ1) is 15.4. The van der Waals surface area contributed by atoms with Gasteiger partial charge in [-0.15, -0.1) is 0 Å². The summed E-state index contributed by atoms with van der Waals surface area (Å²) in [7, 11) is 0. The molecule has 1 unspecified atom stereocenters. The summed E-state index contributed by atoms with van der Waals surface area (Å²) in [5, 5.41) is 10.3. The normalized spacial score (nSPS) is 17.7. The number of aromatic hydroxyl groups is 1. The van der Waals surface area contributed by atoms with Gasteiger partial charge in [-0.3, -0.25) is 4.90 Å². The van der Waals surface area contributed by atoms with Crippen molar-refractivity contribution in [2.45, 2.75) is 38.8 Å². The second-order valence-electron chi connectivity index (χ2n) is 6.55. The molecular weight excluding hydrogens is 296 g/mol. The van der Waals surface area contributed by atoms with Crippen LogP contribution in [0.1, 0.15) is 43.8 Å². The standard InChI is InChI=1S/C17H20N2O4/c1-17(2,3)23-16(21)19-9-7-11-5-4-6-12(20)13(11)14(19)15-18-8-10-22-15/h4-6,8,10,14,20H,7,9H2,1-3H3. The third-order valence-electron chi connectivity index (χ3n) is 3.69. The number of fused-ring (bicyclic) bond motifs is 1. The number of nitrogens with zero attached hydrogens (tertiary/aromatic N) is 2. The predicted octanol–water partition coefficient (Wildman–Crippen LogP) is 3.26. The van der Waals surface area contributed by atoms with Crippen molar-refractivity contribution in [2.75, 3.05) is 6.54 Å². The van der Waals surface area contributed by atoms with E-state index in [0.29, 0.717) is 24.4 Å². The lowest BCUT2D eigenvalue weighted by atomic mass is 9.92. The van der Waals surface area contributed by atoms with Crippen LogP contribution >= 0.6 is 0 Å². The Labute approximate surface area is 134 Å². The van der Waals surface area contributed by atoms with Gasteiger partial charge in [0.1, 0.15) is 23.7 Å². The number of carbonyl (C=O) groups excluding carboxylic acids is 1. The van der Waals surface area contributed by atoms with Crippen molar-refractivity contribution in [3.63, 3.8) is 0 Å². The summed E-state index contributed by atoms with van der Waals surface area (Å²) in [6.07, 6.45) is 3.17. The Kier molecular flexibility index (Phi) is 3.75. The number of amides is 1. The van der Waals surface area contributed by atoms with Crippen molar-refractivity contribution >= 4 is 6.09 Å². The Balaban J connectivity index is 2.04. The number of hydrogen-bond acceptors (Lipinski definition) is 5. The van der Waals surface area contributed by atoms with E-state index in [2.05, 4.69) is 4.98 Å². The van der Waals surface area contributed by atoms with Crippen molar-refractivity contribution in [3.05, 3.63) is 47.7 Å². The van der Waals surface area contributed by atoms with Crippen molar-refractivity contribution in [1.29, 1.82) is 0 Å². The van der Waals surface area contributed by atoms with Crippen LogP contribution in [0, 0.1) is 0 Å². The smallest absolute Gasteiger partial charge is 0.411 e. The van der Waals surface area contributed by atoms with E-state index in [1.165, 1.54) is 12.5 Å². The second-order valence-corrected chi connectivity index (χ2v) is 6.55. The fourth-order valence-corrected chi connectivity index (χ4v) is 2.80. The maximum absolute atomic E-state index is 12.6. The molecule has 23 heavy (non-hydrogen) atoms. The van der Waals surface area contributed by atoms with Crippen molar-refractivity contribution in [1.82, 2.24) is 9.88 Å². The molecule has 0 radical (unpaired) electrons. The van der Waals surface area contributed by atoms with E-state index >= 15 is 0 Å². The number of hydrogen-bond donors (Lipinski definition) is 1.